The number of aryl methyl sites for hydroxylation is 1. The van der Waals surface area contributed by atoms with Crippen LogP contribution in [0.4, 0.5) is 0 Å². The molecule has 0 aromatic carbocycles. The van der Waals surface area contributed by atoms with Gasteiger partial charge in [0, 0.05) is 17.1 Å². The van der Waals surface area contributed by atoms with E-state index >= 15 is 0 Å². The molecular formula is C11H9BrN2O. The lowest BCUT2D eigenvalue weighted by Gasteiger charge is -2.10. The largest absolute Gasteiger partial charge is 0.319 e. The number of amides is 1. The van der Waals surface area contributed by atoms with Crippen molar-refractivity contribution in [3.8, 4) is 0 Å². The van der Waals surface area contributed by atoms with Crippen LogP contribution in [0.15, 0.2) is 34.2 Å². The van der Waals surface area contributed by atoms with Gasteiger partial charge in [-0.05, 0) is 35.0 Å². The van der Waals surface area contributed by atoms with Gasteiger partial charge < -0.3 is 5.32 Å². The number of rotatable bonds is 2. The minimum absolute atomic E-state index is 0.128. The lowest BCUT2D eigenvalue weighted by atomic mass is 10.1. The summed E-state index contributed by atoms with van der Waals surface area (Å²) in [7, 11) is 0. The number of hydrogen-bond acceptors (Lipinski definition) is 2. The summed E-state index contributed by atoms with van der Waals surface area (Å²) in [4.78, 5) is 15.9. The molecule has 15 heavy (non-hydrogen) atoms. The minimum atomic E-state index is -0.128. The van der Waals surface area contributed by atoms with Crippen LogP contribution in [0.1, 0.15) is 22.5 Å². The Balaban J connectivity index is 2.24. The predicted molar refractivity (Wildman–Crippen MR) is 60.4 cm³/mol. The Morgan fingerprint density at radius 2 is 2.40 bits per heavy atom. The summed E-state index contributed by atoms with van der Waals surface area (Å²) in [6.45, 7) is 1.81. The van der Waals surface area contributed by atoms with Crippen LogP contribution in [0.25, 0.3) is 0 Å². The van der Waals surface area contributed by atoms with Gasteiger partial charge in [-0.1, -0.05) is 0 Å². The molecule has 0 saturated heterocycles. The highest BCUT2D eigenvalue weighted by molar-refractivity contribution is 9.10. The van der Waals surface area contributed by atoms with Gasteiger partial charge in [0.15, 0.2) is 0 Å². The number of aromatic nitrogens is 1. The van der Waals surface area contributed by atoms with Gasteiger partial charge in [0.2, 0.25) is 0 Å². The molecule has 2 rings (SSSR count). The van der Waals surface area contributed by atoms with E-state index in [1.54, 1.807) is 12.3 Å². The number of pyridine rings is 1. The average molecular weight is 265 g/mol. The van der Waals surface area contributed by atoms with Crippen molar-refractivity contribution in [3.63, 3.8) is 0 Å². The van der Waals surface area contributed by atoms with E-state index in [4.69, 9.17) is 0 Å². The first-order valence-corrected chi connectivity index (χ1v) is 5.33. The second-order valence-electron chi connectivity index (χ2n) is 3.27. The highest BCUT2D eigenvalue weighted by Crippen LogP contribution is 2.14. The van der Waals surface area contributed by atoms with Gasteiger partial charge in [-0.3, -0.25) is 9.78 Å². The molecule has 1 aromatic rings. The average Bonchev–Trinajstić information content (AvgIpc) is 2.15. The summed E-state index contributed by atoms with van der Waals surface area (Å²) in [5.41, 5.74) is 5.05. The monoisotopic (exact) mass is 264 g/mol. The highest BCUT2D eigenvalue weighted by atomic mass is 79.9. The molecule has 0 saturated carbocycles. The summed E-state index contributed by atoms with van der Waals surface area (Å²) in [5.74, 6) is -0.128. The van der Waals surface area contributed by atoms with Gasteiger partial charge in [-0.2, -0.15) is 0 Å². The Morgan fingerprint density at radius 3 is 3.00 bits per heavy atom. The first-order chi connectivity index (χ1) is 7.16. The standard InChI is InChI=1S/C11H9BrN2O/c1-7-10(5-8(12)6-13-7)11(15)14-9-3-2-4-9/h2,5-6H,3H2,1H3,(H,14,15). The van der Waals surface area contributed by atoms with Crippen LogP contribution < -0.4 is 5.32 Å². The predicted octanol–water partition coefficient (Wildman–Crippen LogP) is 2.33. The lowest BCUT2D eigenvalue weighted by molar-refractivity contribution is 0.0963. The summed E-state index contributed by atoms with van der Waals surface area (Å²) in [6.07, 6.45) is 4.34. The zero-order valence-electron chi connectivity index (χ0n) is 8.17. The molecule has 4 heteroatoms. The van der Waals surface area contributed by atoms with Crippen LogP contribution in [0.5, 0.6) is 0 Å². The zero-order chi connectivity index (χ0) is 10.8. The third-order valence-electron chi connectivity index (χ3n) is 2.15. The van der Waals surface area contributed by atoms with Crippen molar-refractivity contribution in [2.75, 3.05) is 0 Å². The zero-order valence-corrected chi connectivity index (χ0v) is 9.76. The van der Waals surface area contributed by atoms with Crippen molar-refractivity contribution in [2.45, 2.75) is 13.3 Å². The topological polar surface area (TPSA) is 42.0 Å². The van der Waals surface area contributed by atoms with Crippen LogP contribution >= 0.6 is 15.9 Å². The molecule has 0 aliphatic heterocycles. The Kier molecular flexibility index (Phi) is 2.71. The molecule has 0 bridgehead atoms. The van der Waals surface area contributed by atoms with Crippen LogP contribution in [0.2, 0.25) is 0 Å². The van der Waals surface area contributed by atoms with E-state index in [2.05, 4.69) is 32.0 Å². The molecule has 1 heterocycles. The highest BCUT2D eigenvalue weighted by Gasteiger charge is 2.12. The van der Waals surface area contributed by atoms with Crippen LogP contribution in [0.3, 0.4) is 0 Å². The van der Waals surface area contributed by atoms with E-state index < -0.39 is 0 Å². The second-order valence-corrected chi connectivity index (χ2v) is 4.19. The van der Waals surface area contributed by atoms with Crippen molar-refractivity contribution < 1.29 is 4.79 Å². The van der Waals surface area contributed by atoms with Gasteiger partial charge in [0.1, 0.15) is 0 Å². The Morgan fingerprint density at radius 1 is 1.67 bits per heavy atom. The van der Waals surface area contributed by atoms with Gasteiger partial charge in [-0.15, -0.1) is 5.73 Å². The second kappa shape index (κ2) is 4.01. The van der Waals surface area contributed by atoms with Gasteiger partial charge in [0.05, 0.1) is 17.0 Å². The molecule has 76 valence electrons. The van der Waals surface area contributed by atoms with Crippen molar-refractivity contribution in [1.82, 2.24) is 10.3 Å². The number of nitrogens with one attached hydrogen (secondary N) is 1. The summed E-state index contributed by atoms with van der Waals surface area (Å²) < 4.78 is 0.802. The fourth-order valence-corrected chi connectivity index (χ4v) is 1.56. The number of carbonyl (C=O) groups excluding carboxylic acids is 1. The molecule has 1 N–H and O–H groups in total. The smallest absolute Gasteiger partial charge is 0.257 e. The molecule has 3 nitrogen and oxygen atoms in total. The van der Waals surface area contributed by atoms with E-state index in [0.29, 0.717) is 5.56 Å². The maximum absolute atomic E-state index is 11.8. The Labute approximate surface area is 96.0 Å². The van der Waals surface area contributed by atoms with Crippen molar-refractivity contribution >= 4 is 21.8 Å². The maximum atomic E-state index is 11.8. The van der Waals surface area contributed by atoms with Gasteiger partial charge >= 0.3 is 0 Å². The fraction of sp³-hybridized carbons (Fsp3) is 0.182. The molecular weight excluding hydrogens is 256 g/mol. The summed E-state index contributed by atoms with van der Waals surface area (Å²) >= 11 is 3.29. The number of halogens is 1. The Bertz CT molecular complexity index is 487. The van der Waals surface area contributed by atoms with Crippen molar-refractivity contribution in [1.29, 1.82) is 0 Å². The van der Waals surface area contributed by atoms with Crippen LogP contribution in [0, 0.1) is 6.92 Å². The van der Waals surface area contributed by atoms with E-state index in [1.807, 2.05) is 13.0 Å². The lowest BCUT2D eigenvalue weighted by Crippen LogP contribution is -2.24. The molecule has 1 aliphatic rings. The van der Waals surface area contributed by atoms with Gasteiger partial charge in [0.25, 0.3) is 5.91 Å². The normalized spacial score (nSPS) is 13.1. The third-order valence-corrected chi connectivity index (χ3v) is 2.58. The SMILES string of the molecule is Cc1ncc(Br)cc1C(=O)NC1=C=CC1. The first kappa shape index (κ1) is 10.1. The van der Waals surface area contributed by atoms with Gasteiger partial charge in [-0.25, -0.2) is 0 Å². The van der Waals surface area contributed by atoms with E-state index in [-0.39, 0.29) is 5.91 Å². The quantitative estimate of drug-likeness (QED) is 0.834. The van der Waals surface area contributed by atoms with Crippen molar-refractivity contribution in [2.24, 2.45) is 0 Å². The molecule has 0 radical (unpaired) electrons. The number of hydrogen-bond donors (Lipinski definition) is 1. The third kappa shape index (κ3) is 2.17. The van der Waals surface area contributed by atoms with Crippen LogP contribution in [-0.2, 0) is 0 Å². The maximum Gasteiger partial charge on any atom is 0.257 e. The van der Waals surface area contributed by atoms with Crippen LogP contribution in [-0.4, -0.2) is 10.9 Å². The molecule has 0 spiro atoms. The summed E-state index contributed by atoms with van der Waals surface area (Å²) in [6, 6.07) is 1.76. The van der Waals surface area contributed by atoms with Crippen molar-refractivity contribution in [3.05, 3.63) is 45.5 Å². The number of nitrogens with zero attached hydrogens (tertiary/aromatic N) is 1. The van der Waals surface area contributed by atoms with E-state index in [0.717, 1.165) is 22.3 Å². The molecule has 0 unspecified atom stereocenters. The van der Waals surface area contributed by atoms with E-state index in [9.17, 15) is 4.79 Å². The number of carbonyl (C=O) groups is 1. The minimum Gasteiger partial charge on any atom is -0.319 e. The Hall–Kier alpha value is -1.38. The first-order valence-electron chi connectivity index (χ1n) is 4.54. The molecule has 1 aromatic heterocycles. The molecule has 0 atom stereocenters. The molecule has 0 fully saturated rings. The molecule has 1 amide bonds. The summed E-state index contributed by atoms with van der Waals surface area (Å²) in [5, 5.41) is 2.78. The fourth-order valence-electron chi connectivity index (χ4n) is 1.23. The van der Waals surface area contributed by atoms with E-state index in [1.165, 1.54) is 0 Å². The molecule has 1 aliphatic carbocycles.